The van der Waals surface area contributed by atoms with Crippen LogP contribution in [0.1, 0.15) is 32.6 Å². The second kappa shape index (κ2) is 5.48. The van der Waals surface area contributed by atoms with Gasteiger partial charge in [-0.25, -0.2) is 4.68 Å². The van der Waals surface area contributed by atoms with Crippen LogP contribution in [0.4, 0.5) is 0 Å². The first-order valence-corrected chi connectivity index (χ1v) is 6.51. The fourth-order valence-corrected chi connectivity index (χ4v) is 2.74. The van der Waals surface area contributed by atoms with E-state index in [1.165, 1.54) is 11.1 Å². The molecule has 2 atom stereocenters. The summed E-state index contributed by atoms with van der Waals surface area (Å²) in [7, 11) is 0. The van der Waals surface area contributed by atoms with Crippen LogP contribution in [0.15, 0.2) is 12.4 Å². The van der Waals surface area contributed by atoms with Crippen LogP contribution in [0, 0.1) is 5.92 Å². The first-order valence-electron chi connectivity index (χ1n) is 6.51. The Morgan fingerprint density at radius 3 is 3.06 bits per heavy atom. The van der Waals surface area contributed by atoms with E-state index in [0.717, 1.165) is 19.3 Å². The minimum absolute atomic E-state index is 0.0419. The number of carbonyl (C=O) groups excluding carboxylic acids is 1. The lowest BCUT2D eigenvalue weighted by molar-refractivity contribution is -0.124. The summed E-state index contributed by atoms with van der Waals surface area (Å²) in [5, 5.41) is 10.6. The molecule has 1 saturated carbocycles. The lowest BCUT2D eigenvalue weighted by Gasteiger charge is -2.42. The van der Waals surface area contributed by atoms with Gasteiger partial charge < -0.3 is 11.1 Å². The van der Waals surface area contributed by atoms with Gasteiger partial charge in [-0.15, -0.1) is 5.10 Å². The molecule has 2 rings (SSSR count). The van der Waals surface area contributed by atoms with Crippen LogP contribution < -0.4 is 11.1 Å². The number of carbonyl (C=O) groups is 1. The zero-order chi connectivity index (χ0) is 13.0. The first kappa shape index (κ1) is 13.0. The molecule has 0 aromatic carbocycles. The minimum Gasteiger partial charge on any atom is -0.348 e. The van der Waals surface area contributed by atoms with Crippen LogP contribution in [0.25, 0.3) is 0 Å². The normalized spacial score (nSPS) is 28.0. The molecule has 0 bridgehead atoms. The minimum atomic E-state index is -0.240. The summed E-state index contributed by atoms with van der Waals surface area (Å²) < 4.78 is 1.52. The number of nitrogens with one attached hydrogen (secondary N) is 1. The van der Waals surface area contributed by atoms with E-state index in [4.69, 9.17) is 5.73 Å². The van der Waals surface area contributed by atoms with E-state index in [9.17, 15) is 4.79 Å². The van der Waals surface area contributed by atoms with Gasteiger partial charge in [0.15, 0.2) is 0 Å². The number of nitrogens with two attached hydrogens (primary N) is 1. The molecule has 100 valence electrons. The Morgan fingerprint density at radius 2 is 2.44 bits per heavy atom. The van der Waals surface area contributed by atoms with Crippen LogP contribution in [0.2, 0.25) is 0 Å². The lowest BCUT2D eigenvalue weighted by atomic mass is 9.73. The Morgan fingerprint density at radius 1 is 1.61 bits per heavy atom. The number of hydrogen-bond acceptors (Lipinski definition) is 4. The van der Waals surface area contributed by atoms with E-state index in [1.807, 2.05) is 0 Å². The molecule has 0 aliphatic heterocycles. The highest BCUT2D eigenvalue weighted by Gasteiger charge is 2.38. The predicted molar refractivity (Wildman–Crippen MR) is 67.6 cm³/mol. The topological polar surface area (TPSA) is 85.8 Å². The van der Waals surface area contributed by atoms with Crippen molar-refractivity contribution in [3.8, 4) is 0 Å². The number of hydrogen-bond donors (Lipinski definition) is 2. The molecule has 6 heteroatoms. The summed E-state index contributed by atoms with van der Waals surface area (Å²) in [5.41, 5.74) is 5.66. The monoisotopic (exact) mass is 251 g/mol. The summed E-state index contributed by atoms with van der Waals surface area (Å²) in [5.74, 6) is 0.385. The molecule has 3 N–H and O–H groups in total. The molecule has 1 aromatic rings. The molecule has 6 nitrogen and oxygen atoms in total. The van der Waals surface area contributed by atoms with Crippen LogP contribution in [0.5, 0.6) is 0 Å². The fourth-order valence-electron chi connectivity index (χ4n) is 2.74. The highest BCUT2D eigenvalue weighted by atomic mass is 16.2. The van der Waals surface area contributed by atoms with E-state index < -0.39 is 0 Å². The Hall–Kier alpha value is -1.43. The Bertz CT molecular complexity index is 391. The Labute approximate surface area is 107 Å². The molecule has 1 aliphatic carbocycles. The lowest BCUT2D eigenvalue weighted by Crippen LogP contribution is -2.59. The molecule has 1 aliphatic rings. The van der Waals surface area contributed by atoms with Crippen molar-refractivity contribution in [1.82, 2.24) is 20.3 Å². The standard InChI is InChI=1S/C12H21N5O/c1-10-4-2-3-5-12(10,9-13)15-11(18)8-17-7-6-14-16-17/h6-7,10H,2-5,8-9,13H2,1H3,(H,15,18). The SMILES string of the molecule is CC1CCCCC1(CN)NC(=O)Cn1ccnn1. The maximum absolute atomic E-state index is 12.0. The first-order chi connectivity index (χ1) is 8.66. The molecule has 1 fully saturated rings. The third-order valence-corrected chi connectivity index (χ3v) is 3.98. The van der Waals surface area contributed by atoms with Crippen LogP contribution in [-0.4, -0.2) is 33.0 Å². The van der Waals surface area contributed by atoms with Gasteiger partial charge in [0.2, 0.25) is 5.91 Å². The second-order valence-electron chi connectivity index (χ2n) is 5.16. The third kappa shape index (κ3) is 2.69. The molecule has 0 spiro atoms. The molecule has 1 aromatic heterocycles. The molecule has 2 unspecified atom stereocenters. The average Bonchev–Trinajstić information content (AvgIpc) is 2.85. The van der Waals surface area contributed by atoms with E-state index in [2.05, 4.69) is 22.6 Å². The summed E-state index contributed by atoms with van der Waals surface area (Å²) >= 11 is 0. The average molecular weight is 251 g/mol. The van der Waals surface area contributed by atoms with Gasteiger partial charge in [-0.05, 0) is 18.8 Å². The van der Waals surface area contributed by atoms with Crippen molar-refractivity contribution >= 4 is 5.91 Å². The number of amides is 1. The number of rotatable bonds is 4. The number of nitrogens with zero attached hydrogens (tertiary/aromatic N) is 3. The maximum Gasteiger partial charge on any atom is 0.242 e. The van der Waals surface area contributed by atoms with E-state index in [-0.39, 0.29) is 18.0 Å². The van der Waals surface area contributed by atoms with E-state index in [0.29, 0.717) is 12.5 Å². The van der Waals surface area contributed by atoms with Gasteiger partial charge in [-0.1, -0.05) is 25.0 Å². The molecule has 0 radical (unpaired) electrons. The number of aromatic nitrogens is 3. The van der Waals surface area contributed by atoms with Gasteiger partial charge in [0.05, 0.1) is 11.7 Å². The fraction of sp³-hybridized carbons (Fsp3) is 0.750. The molecular formula is C12H21N5O. The van der Waals surface area contributed by atoms with E-state index in [1.54, 1.807) is 12.4 Å². The summed E-state index contributed by atoms with van der Waals surface area (Å²) in [6.45, 7) is 2.87. The quantitative estimate of drug-likeness (QED) is 0.806. The molecule has 0 saturated heterocycles. The van der Waals surface area contributed by atoms with Crippen molar-refractivity contribution in [2.45, 2.75) is 44.7 Å². The second-order valence-corrected chi connectivity index (χ2v) is 5.16. The highest BCUT2D eigenvalue weighted by Crippen LogP contribution is 2.32. The van der Waals surface area contributed by atoms with Crippen molar-refractivity contribution in [3.63, 3.8) is 0 Å². The maximum atomic E-state index is 12.0. The molecule has 1 amide bonds. The van der Waals surface area contributed by atoms with Crippen LogP contribution in [0.3, 0.4) is 0 Å². The van der Waals surface area contributed by atoms with Gasteiger partial charge >= 0.3 is 0 Å². The Balaban J connectivity index is 1.99. The van der Waals surface area contributed by atoms with Gasteiger partial charge in [-0.2, -0.15) is 0 Å². The molecular weight excluding hydrogens is 230 g/mol. The smallest absolute Gasteiger partial charge is 0.242 e. The Kier molecular flexibility index (Phi) is 3.96. The highest BCUT2D eigenvalue weighted by molar-refractivity contribution is 5.76. The third-order valence-electron chi connectivity index (χ3n) is 3.98. The summed E-state index contributed by atoms with van der Waals surface area (Å²) in [6.07, 6.45) is 7.69. The molecule has 1 heterocycles. The predicted octanol–water partition coefficient (Wildman–Crippen LogP) is 0.302. The van der Waals surface area contributed by atoms with Gasteiger partial charge in [0.25, 0.3) is 0 Å². The van der Waals surface area contributed by atoms with Gasteiger partial charge in [-0.3, -0.25) is 4.79 Å². The van der Waals surface area contributed by atoms with Crippen molar-refractivity contribution in [3.05, 3.63) is 12.4 Å². The van der Waals surface area contributed by atoms with Crippen LogP contribution >= 0.6 is 0 Å². The zero-order valence-electron chi connectivity index (χ0n) is 10.8. The summed E-state index contributed by atoms with van der Waals surface area (Å²) in [6, 6.07) is 0. The van der Waals surface area contributed by atoms with Gasteiger partial charge in [0, 0.05) is 12.7 Å². The van der Waals surface area contributed by atoms with Crippen molar-refractivity contribution in [1.29, 1.82) is 0 Å². The largest absolute Gasteiger partial charge is 0.348 e. The molecule has 18 heavy (non-hydrogen) atoms. The van der Waals surface area contributed by atoms with Gasteiger partial charge in [0.1, 0.15) is 6.54 Å². The van der Waals surface area contributed by atoms with Crippen molar-refractivity contribution in [2.75, 3.05) is 6.54 Å². The van der Waals surface area contributed by atoms with E-state index >= 15 is 0 Å². The van der Waals surface area contributed by atoms with Crippen LogP contribution in [-0.2, 0) is 11.3 Å². The van der Waals surface area contributed by atoms with Crippen molar-refractivity contribution in [2.24, 2.45) is 11.7 Å². The summed E-state index contributed by atoms with van der Waals surface area (Å²) in [4.78, 5) is 12.0. The van der Waals surface area contributed by atoms with Crippen molar-refractivity contribution < 1.29 is 4.79 Å². The zero-order valence-corrected chi connectivity index (χ0v) is 10.8.